The third-order valence-corrected chi connectivity index (χ3v) is 3.90. The van der Waals surface area contributed by atoms with Crippen molar-refractivity contribution < 1.29 is 14.0 Å². The summed E-state index contributed by atoms with van der Waals surface area (Å²) in [5.41, 5.74) is 6.17. The summed E-state index contributed by atoms with van der Waals surface area (Å²) in [4.78, 5) is 6.72. The van der Waals surface area contributed by atoms with Crippen LogP contribution < -0.4 is 5.73 Å². The van der Waals surface area contributed by atoms with Crippen LogP contribution in [0.25, 0.3) is 0 Å². The molecule has 1 aromatic heterocycles. The Morgan fingerprint density at radius 2 is 2.20 bits per heavy atom. The first-order valence-corrected chi connectivity index (χ1v) is 7.23. The van der Waals surface area contributed by atoms with Gasteiger partial charge >= 0.3 is 0 Å². The minimum atomic E-state index is -0.217. The van der Waals surface area contributed by atoms with Crippen LogP contribution >= 0.6 is 0 Å². The molecule has 2 saturated heterocycles. The average Bonchev–Trinajstić information content (AvgIpc) is 3.08. The number of rotatable bonds is 4. The monoisotopic (exact) mass is 282 g/mol. The van der Waals surface area contributed by atoms with E-state index >= 15 is 0 Å². The predicted octanol–water partition coefficient (Wildman–Crippen LogP) is 0.294. The van der Waals surface area contributed by atoms with Crippen molar-refractivity contribution in [1.29, 1.82) is 0 Å². The lowest BCUT2D eigenvalue weighted by atomic mass is 10.1. The highest BCUT2D eigenvalue weighted by atomic mass is 16.5. The van der Waals surface area contributed by atoms with E-state index in [2.05, 4.69) is 22.0 Å². The summed E-state index contributed by atoms with van der Waals surface area (Å²) in [5.74, 6) is 1.45. The van der Waals surface area contributed by atoms with Crippen molar-refractivity contribution in [2.75, 3.05) is 39.5 Å². The van der Waals surface area contributed by atoms with Crippen LogP contribution in [0.5, 0.6) is 0 Å². The van der Waals surface area contributed by atoms with Crippen LogP contribution in [0.15, 0.2) is 4.52 Å². The molecule has 3 rings (SSSR count). The molecule has 0 spiro atoms. The molecule has 0 aliphatic carbocycles. The molecule has 2 aliphatic rings. The third-order valence-electron chi connectivity index (χ3n) is 3.90. The molecule has 2 aliphatic heterocycles. The lowest BCUT2D eigenvalue weighted by Gasteiger charge is -2.27. The Hall–Kier alpha value is -1.02. The van der Waals surface area contributed by atoms with Gasteiger partial charge in [-0.05, 0) is 13.3 Å². The Morgan fingerprint density at radius 1 is 1.40 bits per heavy atom. The smallest absolute Gasteiger partial charge is 0.232 e. The highest BCUT2D eigenvalue weighted by Crippen LogP contribution is 2.28. The fraction of sp³-hybridized carbons (Fsp3) is 0.846. The molecule has 112 valence electrons. The zero-order valence-electron chi connectivity index (χ0n) is 11.8. The van der Waals surface area contributed by atoms with Gasteiger partial charge in [0.2, 0.25) is 5.89 Å². The van der Waals surface area contributed by atoms with Crippen molar-refractivity contribution in [3.05, 3.63) is 11.7 Å². The molecule has 3 atom stereocenters. The minimum Gasteiger partial charge on any atom is -0.379 e. The summed E-state index contributed by atoms with van der Waals surface area (Å²) in [7, 11) is 0. The molecule has 0 radical (unpaired) electrons. The molecular weight excluding hydrogens is 260 g/mol. The van der Waals surface area contributed by atoms with E-state index in [1.165, 1.54) is 0 Å². The van der Waals surface area contributed by atoms with Crippen molar-refractivity contribution in [3.63, 3.8) is 0 Å². The van der Waals surface area contributed by atoms with E-state index in [1.807, 2.05) is 0 Å². The first-order valence-electron chi connectivity index (χ1n) is 7.23. The Kier molecular flexibility index (Phi) is 4.30. The first-order chi connectivity index (χ1) is 9.72. The number of morpholine rings is 1. The van der Waals surface area contributed by atoms with Crippen LogP contribution in [0, 0.1) is 0 Å². The molecular formula is C13H22N4O3. The Morgan fingerprint density at radius 3 is 2.90 bits per heavy atom. The van der Waals surface area contributed by atoms with Gasteiger partial charge in [-0.3, -0.25) is 4.90 Å². The summed E-state index contributed by atoms with van der Waals surface area (Å²) < 4.78 is 16.2. The van der Waals surface area contributed by atoms with E-state index in [-0.39, 0.29) is 18.1 Å². The second-order valence-electron chi connectivity index (χ2n) is 5.59. The summed E-state index contributed by atoms with van der Waals surface area (Å²) in [6, 6.07) is -0.217. The standard InChI is InChI=1S/C13H22N4O3/c1-9-6-10(8-19-9)13-15-12(16-20-13)11(14)7-17-2-4-18-5-3-17/h9-11H,2-8,14H2,1H3. The second kappa shape index (κ2) is 6.17. The van der Waals surface area contributed by atoms with E-state index in [1.54, 1.807) is 0 Å². The van der Waals surface area contributed by atoms with Gasteiger partial charge in [-0.15, -0.1) is 0 Å². The molecule has 7 nitrogen and oxygen atoms in total. The predicted molar refractivity (Wildman–Crippen MR) is 71.3 cm³/mol. The van der Waals surface area contributed by atoms with Crippen LogP contribution in [-0.2, 0) is 9.47 Å². The number of hydrogen-bond acceptors (Lipinski definition) is 7. The van der Waals surface area contributed by atoms with Gasteiger partial charge in [0.25, 0.3) is 0 Å². The number of nitrogens with zero attached hydrogens (tertiary/aromatic N) is 3. The Bertz CT molecular complexity index is 433. The molecule has 2 fully saturated rings. The van der Waals surface area contributed by atoms with E-state index < -0.39 is 0 Å². The topological polar surface area (TPSA) is 86.6 Å². The van der Waals surface area contributed by atoms with E-state index in [0.717, 1.165) is 39.3 Å². The van der Waals surface area contributed by atoms with Gasteiger partial charge in [0, 0.05) is 19.6 Å². The first kappa shape index (κ1) is 13.9. The van der Waals surface area contributed by atoms with E-state index in [0.29, 0.717) is 18.3 Å². The molecule has 0 bridgehead atoms. The zero-order chi connectivity index (χ0) is 13.9. The minimum absolute atomic E-state index is 0.210. The van der Waals surface area contributed by atoms with E-state index in [9.17, 15) is 0 Å². The quantitative estimate of drug-likeness (QED) is 0.849. The van der Waals surface area contributed by atoms with Crippen LogP contribution in [0.3, 0.4) is 0 Å². The fourth-order valence-corrected chi connectivity index (χ4v) is 2.70. The van der Waals surface area contributed by atoms with Gasteiger partial charge in [-0.2, -0.15) is 4.98 Å². The normalized spacial score (nSPS) is 29.7. The van der Waals surface area contributed by atoms with Crippen molar-refractivity contribution in [2.24, 2.45) is 5.73 Å². The molecule has 3 unspecified atom stereocenters. The van der Waals surface area contributed by atoms with Crippen molar-refractivity contribution in [2.45, 2.75) is 31.4 Å². The summed E-state index contributed by atoms with van der Waals surface area (Å²) in [5, 5.41) is 4.03. The lowest BCUT2D eigenvalue weighted by Crippen LogP contribution is -2.40. The van der Waals surface area contributed by atoms with Gasteiger partial charge in [0.1, 0.15) is 0 Å². The summed E-state index contributed by atoms with van der Waals surface area (Å²) >= 11 is 0. The SMILES string of the molecule is CC1CC(c2nc(C(N)CN3CCOCC3)no2)CO1. The van der Waals surface area contributed by atoms with Crippen molar-refractivity contribution >= 4 is 0 Å². The number of hydrogen-bond donors (Lipinski definition) is 1. The maximum absolute atomic E-state index is 6.17. The molecule has 7 heteroatoms. The van der Waals surface area contributed by atoms with Gasteiger partial charge in [-0.25, -0.2) is 0 Å². The maximum Gasteiger partial charge on any atom is 0.232 e. The van der Waals surface area contributed by atoms with Crippen LogP contribution in [-0.4, -0.2) is 60.6 Å². The highest BCUT2D eigenvalue weighted by Gasteiger charge is 2.29. The molecule has 0 saturated carbocycles. The van der Waals surface area contributed by atoms with E-state index in [4.69, 9.17) is 19.7 Å². The average molecular weight is 282 g/mol. The number of ether oxygens (including phenoxy) is 2. The van der Waals surface area contributed by atoms with Crippen molar-refractivity contribution in [3.8, 4) is 0 Å². The fourth-order valence-electron chi connectivity index (χ4n) is 2.70. The zero-order valence-corrected chi connectivity index (χ0v) is 11.8. The molecule has 3 heterocycles. The van der Waals surface area contributed by atoms with Crippen LogP contribution in [0.2, 0.25) is 0 Å². The van der Waals surface area contributed by atoms with Gasteiger partial charge in [0.05, 0.1) is 37.9 Å². The second-order valence-corrected chi connectivity index (χ2v) is 5.59. The Balaban J connectivity index is 1.58. The number of aromatic nitrogens is 2. The Labute approximate surface area is 118 Å². The highest BCUT2D eigenvalue weighted by molar-refractivity contribution is 5.00. The largest absolute Gasteiger partial charge is 0.379 e. The molecule has 2 N–H and O–H groups in total. The van der Waals surface area contributed by atoms with Crippen molar-refractivity contribution in [1.82, 2.24) is 15.0 Å². The van der Waals surface area contributed by atoms with Crippen LogP contribution in [0.4, 0.5) is 0 Å². The van der Waals surface area contributed by atoms with Gasteiger partial charge in [-0.1, -0.05) is 5.16 Å². The summed E-state index contributed by atoms with van der Waals surface area (Å²) in [6.07, 6.45) is 1.19. The molecule has 0 aromatic carbocycles. The lowest BCUT2D eigenvalue weighted by molar-refractivity contribution is 0.0348. The number of nitrogens with two attached hydrogens (primary N) is 1. The van der Waals surface area contributed by atoms with Crippen LogP contribution in [0.1, 0.15) is 37.0 Å². The molecule has 0 amide bonds. The van der Waals surface area contributed by atoms with Gasteiger partial charge in [0.15, 0.2) is 5.82 Å². The third kappa shape index (κ3) is 3.17. The summed E-state index contributed by atoms with van der Waals surface area (Å²) in [6.45, 7) is 6.80. The van der Waals surface area contributed by atoms with Gasteiger partial charge < -0.3 is 19.7 Å². The molecule has 20 heavy (non-hydrogen) atoms. The maximum atomic E-state index is 6.17. The molecule has 1 aromatic rings.